The zero-order valence-electron chi connectivity index (χ0n) is 12.6. The smallest absolute Gasteiger partial charge is 0.191 e. The molecular formula is C15H26IN3O. The molecule has 0 aliphatic heterocycles. The maximum atomic E-state index is 5.09. The number of nitrogens with one attached hydrogen (secondary N) is 2. The number of nitrogens with zero attached hydrogens (tertiary/aromatic N) is 1. The van der Waals surface area contributed by atoms with Crippen LogP contribution in [0.3, 0.4) is 0 Å². The van der Waals surface area contributed by atoms with Gasteiger partial charge in [-0.05, 0) is 17.5 Å². The van der Waals surface area contributed by atoms with Crippen LogP contribution in [-0.2, 0) is 17.9 Å². The molecule has 4 nitrogen and oxygen atoms in total. The van der Waals surface area contributed by atoms with Gasteiger partial charge in [-0.3, -0.25) is 4.99 Å². The van der Waals surface area contributed by atoms with Gasteiger partial charge >= 0.3 is 0 Å². The molecule has 0 aromatic heterocycles. The SMILES string of the molecule is CCCCNC(=NC)NCc1ccc(COC)cc1.I. The minimum Gasteiger partial charge on any atom is -0.380 e. The van der Waals surface area contributed by atoms with E-state index in [-0.39, 0.29) is 24.0 Å². The highest BCUT2D eigenvalue weighted by molar-refractivity contribution is 14.0. The van der Waals surface area contributed by atoms with Gasteiger partial charge in [-0.2, -0.15) is 0 Å². The average molecular weight is 391 g/mol. The standard InChI is InChI=1S/C15H25N3O.HI/c1-4-5-10-17-15(16-2)18-11-13-6-8-14(9-7-13)12-19-3;/h6-9H,4-5,10-12H2,1-3H3,(H2,16,17,18);1H. The lowest BCUT2D eigenvalue weighted by Crippen LogP contribution is -2.37. The Balaban J connectivity index is 0.00000361. The summed E-state index contributed by atoms with van der Waals surface area (Å²) in [6.45, 7) is 4.58. The molecular weight excluding hydrogens is 365 g/mol. The van der Waals surface area contributed by atoms with Crippen LogP contribution in [0.25, 0.3) is 0 Å². The van der Waals surface area contributed by atoms with E-state index in [1.165, 1.54) is 17.5 Å². The predicted octanol–water partition coefficient (Wildman–Crippen LogP) is 2.92. The van der Waals surface area contributed by atoms with E-state index in [4.69, 9.17) is 4.74 Å². The maximum absolute atomic E-state index is 5.09. The second kappa shape index (κ2) is 12.0. The van der Waals surface area contributed by atoms with Crippen molar-refractivity contribution in [3.8, 4) is 0 Å². The Bertz CT molecular complexity index is 379. The highest BCUT2D eigenvalue weighted by atomic mass is 127. The number of benzene rings is 1. The first-order chi connectivity index (χ1) is 9.30. The first kappa shape index (κ1) is 19.2. The molecule has 0 heterocycles. The summed E-state index contributed by atoms with van der Waals surface area (Å²) in [5.41, 5.74) is 2.43. The number of hydrogen-bond donors (Lipinski definition) is 2. The molecule has 114 valence electrons. The molecule has 0 fully saturated rings. The molecule has 0 saturated carbocycles. The second-order valence-electron chi connectivity index (χ2n) is 4.46. The van der Waals surface area contributed by atoms with E-state index in [9.17, 15) is 0 Å². The Kier molecular flexibility index (Phi) is 11.5. The Morgan fingerprint density at radius 3 is 2.35 bits per heavy atom. The Morgan fingerprint density at radius 1 is 1.15 bits per heavy atom. The molecule has 0 atom stereocenters. The van der Waals surface area contributed by atoms with Crippen LogP contribution in [-0.4, -0.2) is 26.7 Å². The van der Waals surface area contributed by atoms with Gasteiger partial charge < -0.3 is 15.4 Å². The average Bonchev–Trinajstić information content (AvgIpc) is 2.44. The number of aliphatic imine (C=N–C) groups is 1. The minimum absolute atomic E-state index is 0. The lowest BCUT2D eigenvalue weighted by atomic mass is 10.1. The predicted molar refractivity (Wildman–Crippen MR) is 95.7 cm³/mol. The van der Waals surface area contributed by atoms with Crippen molar-refractivity contribution in [1.82, 2.24) is 10.6 Å². The molecule has 0 radical (unpaired) electrons. The molecule has 0 spiro atoms. The quantitative estimate of drug-likeness (QED) is 0.325. The third-order valence-corrected chi connectivity index (χ3v) is 2.84. The fourth-order valence-corrected chi connectivity index (χ4v) is 1.71. The van der Waals surface area contributed by atoms with Gasteiger partial charge in [0.1, 0.15) is 0 Å². The van der Waals surface area contributed by atoms with Crippen molar-refractivity contribution in [2.24, 2.45) is 4.99 Å². The van der Waals surface area contributed by atoms with Crippen LogP contribution in [0.2, 0.25) is 0 Å². The summed E-state index contributed by atoms with van der Waals surface area (Å²) in [6, 6.07) is 8.41. The highest BCUT2D eigenvalue weighted by Gasteiger charge is 1.98. The van der Waals surface area contributed by atoms with Crippen LogP contribution in [0.1, 0.15) is 30.9 Å². The van der Waals surface area contributed by atoms with Gasteiger partial charge in [0, 0.05) is 27.2 Å². The lowest BCUT2D eigenvalue weighted by Gasteiger charge is -2.11. The number of unbranched alkanes of at least 4 members (excludes halogenated alkanes) is 1. The van der Waals surface area contributed by atoms with Crippen LogP contribution in [0.4, 0.5) is 0 Å². The molecule has 2 N–H and O–H groups in total. The summed E-state index contributed by atoms with van der Waals surface area (Å²) in [7, 11) is 3.50. The van der Waals surface area contributed by atoms with Crippen LogP contribution in [0.15, 0.2) is 29.3 Å². The summed E-state index contributed by atoms with van der Waals surface area (Å²) in [4.78, 5) is 4.20. The molecule has 0 aliphatic carbocycles. The normalized spacial score (nSPS) is 10.8. The van der Waals surface area contributed by atoms with E-state index in [0.717, 1.165) is 25.5 Å². The van der Waals surface area contributed by atoms with E-state index in [2.05, 4.69) is 46.8 Å². The monoisotopic (exact) mass is 391 g/mol. The van der Waals surface area contributed by atoms with Crippen molar-refractivity contribution in [1.29, 1.82) is 0 Å². The van der Waals surface area contributed by atoms with Gasteiger partial charge in [-0.1, -0.05) is 37.6 Å². The van der Waals surface area contributed by atoms with E-state index < -0.39 is 0 Å². The van der Waals surface area contributed by atoms with E-state index in [0.29, 0.717) is 6.61 Å². The first-order valence-electron chi connectivity index (χ1n) is 6.81. The van der Waals surface area contributed by atoms with Crippen LogP contribution in [0, 0.1) is 0 Å². The summed E-state index contributed by atoms with van der Waals surface area (Å²) in [5.74, 6) is 0.856. The number of ether oxygens (including phenoxy) is 1. The molecule has 1 aromatic rings. The molecule has 0 aliphatic rings. The number of guanidine groups is 1. The van der Waals surface area contributed by atoms with Crippen LogP contribution >= 0.6 is 24.0 Å². The Hall–Kier alpha value is -0.820. The summed E-state index contributed by atoms with van der Waals surface area (Å²) in [5, 5.41) is 6.59. The summed E-state index contributed by atoms with van der Waals surface area (Å²) in [6.07, 6.45) is 2.34. The van der Waals surface area contributed by atoms with E-state index in [1.807, 2.05) is 0 Å². The van der Waals surface area contributed by atoms with Crippen molar-refractivity contribution in [2.45, 2.75) is 32.9 Å². The minimum atomic E-state index is 0. The fraction of sp³-hybridized carbons (Fsp3) is 0.533. The number of rotatable bonds is 7. The Morgan fingerprint density at radius 2 is 1.80 bits per heavy atom. The molecule has 1 rings (SSSR count). The zero-order valence-corrected chi connectivity index (χ0v) is 14.9. The molecule has 20 heavy (non-hydrogen) atoms. The molecule has 5 heteroatoms. The molecule has 0 saturated heterocycles. The topological polar surface area (TPSA) is 45.7 Å². The largest absolute Gasteiger partial charge is 0.380 e. The highest BCUT2D eigenvalue weighted by Crippen LogP contribution is 2.05. The van der Waals surface area contributed by atoms with Gasteiger partial charge in [0.05, 0.1) is 6.61 Å². The maximum Gasteiger partial charge on any atom is 0.191 e. The van der Waals surface area contributed by atoms with Crippen molar-refractivity contribution < 1.29 is 4.74 Å². The van der Waals surface area contributed by atoms with E-state index in [1.54, 1.807) is 14.2 Å². The van der Waals surface area contributed by atoms with Crippen LogP contribution in [0.5, 0.6) is 0 Å². The number of halogens is 1. The first-order valence-corrected chi connectivity index (χ1v) is 6.81. The van der Waals surface area contributed by atoms with Gasteiger partial charge in [0.15, 0.2) is 5.96 Å². The van der Waals surface area contributed by atoms with Gasteiger partial charge in [-0.25, -0.2) is 0 Å². The third kappa shape index (κ3) is 7.69. The van der Waals surface area contributed by atoms with Gasteiger partial charge in [0.2, 0.25) is 0 Å². The molecule has 0 amide bonds. The molecule has 0 unspecified atom stereocenters. The number of hydrogen-bond acceptors (Lipinski definition) is 2. The van der Waals surface area contributed by atoms with Gasteiger partial charge in [0.25, 0.3) is 0 Å². The molecule has 1 aromatic carbocycles. The van der Waals surface area contributed by atoms with Crippen LogP contribution < -0.4 is 10.6 Å². The number of methoxy groups -OCH3 is 1. The van der Waals surface area contributed by atoms with Gasteiger partial charge in [-0.15, -0.1) is 24.0 Å². The van der Waals surface area contributed by atoms with Crippen molar-refractivity contribution >= 4 is 29.9 Å². The zero-order chi connectivity index (χ0) is 13.9. The van der Waals surface area contributed by atoms with Crippen molar-refractivity contribution in [2.75, 3.05) is 20.7 Å². The molecule has 0 bridgehead atoms. The fourth-order valence-electron chi connectivity index (χ4n) is 1.71. The van der Waals surface area contributed by atoms with Crippen molar-refractivity contribution in [3.63, 3.8) is 0 Å². The Labute approximate surface area is 139 Å². The third-order valence-electron chi connectivity index (χ3n) is 2.84. The van der Waals surface area contributed by atoms with E-state index >= 15 is 0 Å². The lowest BCUT2D eigenvalue weighted by molar-refractivity contribution is 0.185. The summed E-state index contributed by atoms with van der Waals surface area (Å²) >= 11 is 0. The second-order valence-corrected chi connectivity index (χ2v) is 4.46. The van der Waals surface area contributed by atoms with Crippen molar-refractivity contribution in [3.05, 3.63) is 35.4 Å². The summed E-state index contributed by atoms with van der Waals surface area (Å²) < 4.78 is 5.09.